The number of hydrogen-bond acceptors (Lipinski definition) is 4. The number of nitrogens with zero attached hydrogens (tertiary/aromatic N) is 1. The van der Waals surface area contributed by atoms with Crippen LogP contribution in [0.5, 0.6) is 5.75 Å². The summed E-state index contributed by atoms with van der Waals surface area (Å²) >= 11 is 0. The summed E-state index contributed by atoms with van der Waals surface area (Å²) in [7, 11) is -5.49. The van der Waals surface area contributed by atoms with E-state index in [9.17, 15) is 21.6 Å². The van der Waals surface area contributed by atoms with Gasteiger partial charge in [-0.25, -0.2) is 8.42 Å². The van der Waals surface area contributed by atoms with Crippen molar-refractivity contribution in [3.05, 3.63) is 72.1 Å². The van der Waals surface area contributed by atoms with Gasteiger partial charge in [0.25, 0.3) is 9.84 Å². The molecular formula is C21H16F3NO3S. The molecule has 0 unspecified atom stereocenters. The van der Waals surface area contributed by atoms with E-state index in [-0.39, 0.29) is 5.56 Å². The average molecular weight is 419 g/mol. The van der Waals surface area contributed by atoms with E-state index in [0.717, 1.165) is 22.9 Å². The van der Waals surface area contributed by atoms with Crippen molar-refractivity contribution >= 4 is 26.2 Å². The predicted octanol–water partition coefficient (Wildman–Crippen LogP) is 5.13. The zero-order chi connectivity index (χ0) is 21.0. The van der Waals surface area contributed by atoms with Crippen LogP contribution in [0.2, 0.25) is 0 Å². The molecule has 2 aromatic carbocycles. The maximum Gasteiger partial charge on any atom is 0.501 e. The number of hydrogen-bond donors (Lipinski definition) is 0. The van der Waals surface area contributed by atoms with Gasteiger partial charge < -0.3 is 4.74 Å². The van der Waals surface area contributed by atoms with Crippen LogP contribution in [-0.4, -0.2) is 24.5 Å². The van der Waals surface area contributed by atoms with E-state index >= 15 is 0 Å². The molecule has 0 fully saturated rings. The van der Waals surface area contributed by atoms with Crippen LogP contribution in [0.15, 0.2) is 65.8 Å². The first-order valence-corrected chi connectivity index (χ1v) is 10.2. The summed E-state index contributed by atoms with van der Waals surface area (Å²) in [6, 6.07) is 10.7. The lowest BCUT2D eigenvalue weighted by Crippen LogP contribution is -2.29. The zero-order valence-corrected chi connectivity index (χ0v) is 16.3. The molecular weight excluding hydrogens is 403 g/mol. The molecule has 8 heteroatoms. The molecule has 4 nitrogen and oxygen atoms in total. The van der Waals surface area contributed by atoms with Crippen LogP contribution in [0.3, 0.4) is 0 Å². The quantitative estimate of drug-likeness (QED) is 0.578. The van der Waals surface area contributed by atoms with Crippen LogP contribution >= 0.6 is 0 Å². The van der Waals surface area contributed by atoms with E-state index < -0.39 is 25.8 Å². The van der Waals surface area contributed by atoms with Gasteiger partial charge in [-0.05, 0) is 49.1 Å². The Morgan fingerprint density at radius 1 is 1.00 bits per heavy atom. The summed E-state index contributed by atoms with van der Waals surface area (Å²) in [5, 5.41) is 1.71. The van der Waals surface area contributed by atoms with Crippen molar-refractivity contribution in [3.63, 3.8) is 0 Å². The van der Waals surface area contributed by atoms with Gasteiger partial charge in [-0.1, -0.05) is 24.3 Å². The van der Waals surface area contributed by atoms with Crippen LogP contribution in [0, 0.1) is 0 Å². The van der Waals surface area contributed by atoms with Crippen molar-refractivity contribution in [1.29, 1.82) is 0 Å². The third-order valence-corrected chi connectivity index (χ3v) is 6.16. The van der Waals surface area contributed by atoms with Crippen LogP contribution in [-0.2, 0) is 9.84 Å². The molecule has 4 rings (SSSR count). The second-order valence-electron chi connectivity index (χ2n) is 7.28. The number of benzene rings is 2. The third-order valence-electron chi connectivity index (χ3n) is 4.68. The third kappa shape index (κ3) is 3.27. The maximum atomic E-state index is 13.1. The molecule has 0 N–H and O–H groups in total. The number of fused-ring (bicyclic) bond motifs is 2. The molecule has 0 spiro atoms. The fourth-order valence-corrected chi connectivity index (χ4v) is 4.19. The van der Waals surface area contributed by atoms with Crippen LogP contribution in [0.1, 0.15) is 25.0 Å². The van der Waals surface area contributed by atoms with Crippen molar-refractivity contribution in [1.82, 2.24) is 4.98 Å². The monoisotopic (exact) mass is 419 g/mol. The Labute approximate surface area is 165 Å². The fraction of sp³-hybridized carbons (Fsp3) is 0.190. The van der Waals surface area contributed by atoms with E-state index in [0.29, 0.717) is 16.9 Å². The van der Waals surface area contributed by atoms with Gasteiger partial charge in [0, 0.05) is 28.9 Å². The molecule has 29 heavy (non-hydrogen) atoms. The SMILES string of the molecule is CC1(C)C=C(c2cncc3ccccc23)c2cc(S(=O)(=O)C(F)(F)F)ccc2O1. The van der Waals surface area contributed by atoms with Gasteiger partial charge in [-0.15, -0.1) is 0 Å². The second-order valence-corrected chi connectivity index (χ2v) is 9.22. The van der Waals surface area contributed by atoms with Gasteiger partial charge in [-0.3, -0.25) is 4.98 Å². The van der Waals surface area contributed by atoms with Gasteiger partial charge in [0.1, 0.15) is 11.4 Å². The van der Waals surface area contributed by atoms with Crippen LogP contribution in [0.4, 0.5) is 13.2 Å². The smallest absolute Gasteiger partial charge is 0.483 e. The number of ether oxygens (including phenoxy) is 1. The van der Waals surface area contributed by atoms with E-state index in [2.05, 4.69) is 4.98 Å². The van der Waals surface area contributed by atoms with Gasteiger partial charge in [0.15, 0.2) is 0 Å². The molecule has 0 radical (unpaired) electrons. The topological polar surface area (TPSA) is 56.3 Å². The van der Waals surface area contributed by atoms with Crippen LogP contribution in [0.25, 0.3) is 16.3 Å². The summed E-state index contributed by atoms with van der Waals surface area (Å²) in [5.41, 5.74) is -4.61. The molecule has 0 bridgehead atoms. The molecule has 1 aliphatic rings. The van der Waals surface area contributed by atoms with Gasteiger partial charge in [0.2, 0.25) is 0 Å². The number of alkyl halides is 3. The lowest BCUT2D eigenvalue weighted by atomic mass is 9.88. The summed E-state index contributed by atoms with van der Waals surface area (Å²) in [5.74, 6) is 0.307. The molecule has 1 aromatic heterocycles. The number of pyridine rings is 1. The largest absolute Gasteiger partial charge is 0.501 e. The van der Waals surface area contributed by atoms with Crippen molar-refractivity contribution < 1.29 is 26.3 Å². The molecule has 0 saturated heterocycles. The Hall–Kier alpha value is -2.87. The molecule has 150 valence electrons. The first kappa shape index (κ1) is 19.4. The zero-order valence-electron chi connectivity index (χ0n) is 15.5. The minimum Gasteiger partial charge on any atom is -0.483 e. The summed E-state index contributed by atoms with van der Waals surface area (Å²) in [6.07, 6.45) is 5.07. The summed E-state index contributed by atoms with van der Waals surface area (Å²) in [4.78, 5) is 3.41. The Morgan fingerprint density at radius 3 is 2.45 bits per heavy atom. The number of aromatic nitrogens is 1. The Kier molecular flexibility index (Phi) is 4.24. The van der Waals surface area contributed by atoms with Crippen molar-refractivity contribution in [3.8, 4) is 5.75 Å². The first-order valence-electron chi connectivity index (χ1n) is 8.70. The highest BCUT2D eigenvalue weighted by Gasteiger charge is 2.47. The van der Waals surface area contributed by atoms with E-state index in [1.54, 1.807) is 18.5 Å². The molecule has 0 saturated carbocycles. The summed E-state index contributed by atoms with van der Waals surface area (Å²) < 4.78 is 68.9. The minimum absolute atomic E-state index is 0.271. The lowest BCUT2D eigenvalue weighted by Gasteiger charge is -2.32. The Balaban J connectivity index is 1.99. The van der Waals surface area contributed by atoms with Crippen LogP contribution < -0.4 is 4.74 Å². The highest BCUT2D eigenvalue weighted by Crippen LogP contribution is 2.43. The Bertz CT molecular complexity index is 1260. The maximum absolute atomic E-state index is 13.1. The molecule has 0 atom stereocenters. The van der Waals surface area contributed by atoms with Crippen molar-refractivity contribution in [2.75, 3.05) is 0 Å². The molecule has 3 aromatic rings. The van der Waals surface area contributed by atoms with Gasteiger partial charge in [-0.2, -0.15) is 13.2 Å². The number of sulfone groups is 1. The lowest BCUT2D eigenvalue weighted by molar-refractivity contribution is -0.0436. The standard InChI is InChI=1S/C21H16F3NO3S/c1-20(2)10-17(18-12-25-11-13-5-3-4-6-15(13)18)16-9-14(7-8-19(16)28-20)29(26,27)21(22,23)24/h3-12H,1-2H3. The molecule has 0 aliphatic carbocycles. The van der Waals surface area contributed by atoms with Crippen molar-refractivity contribution in [2.24, 2.45) is 0 Å². The van der Waals surface area contributed by atoms with Crippen molar-refractivity contribution in [2.45, 2.75) is 29.9 Å². The number of halogens is 3. The first-order chi connectivity index (χ1) is 13.5. The molecule has 0 amide bonds. The fourth-order valence-electron chi connectivity index (χ4n) is 3.40. The Morgan fingerprint density at radius 2 is 1.72 bits per heavy atom. The second kappa shape index (κ2) is 6.32. The number of rotatable bonds is 2. The highest BCUT2D eigenvalue weighted by atomic mass is 32.2. The van der Waals surface area contributed by atoms with E-state index in [1.807, 2.05) is 38.1 Å². The predicted molar refractivity (Wildman–Crippen MR) is 103 cm³/mol. The average Bonchev–Trinajstić information content (AvgIpc) is 2.65. The normalized spacial score (nSPS) is 16.1. The molecule has 1 aliphatic heterocycles. The highest BCUT2D eigenvalue weighted by molar-refractivity contribution is 7.92. The molecule has 2 heterocycles. The van der Waals surface area contributed by atoms with Gasteiger partial charge in [0.05, 0.1) is 4.90 Å². The summed E-state index contributed by atoms with van der Waals surface area (Å²) in [6.45, 7) is 3.63. The van der Waals surface area contributed by atoms with E-state index in [1.165, 1.54) is 6.07 Å². The minimum atomic E-state index is -5.49. The van der Waals surface area contributed by atoms with Gasteiger partial charge >= 0.3 is 5.51 Å². The van der Waals surface area contributed by atoms with E-state index in [4.69, 9.17) is 4.74 Å².